The molecule has 3 heterocycles. The van der Waals surface area contributed by atoms with Crippen LogP contribution in [0.25, 0.3) is 5.82 Å². The molecule has 0 radical (unpaired) electrons. The standard InChI is InChI=1S/C20H23N7O2S/c1-3-29-13-20(28)22-15-4-6-16(7-5-15)30-26-11-18-21-8-9-27(18)19(12-26)23-17-10-14(2)24-25-17/h4-10,12H,3,11,13H2,1-2H3,(H,22,28)(H2,23,24,25). The topological polar surface area (TPSA) is 100 Å². The minimum atomic E-state index is -0.160. The summed E-state index contributed by atoms with van der Waals surface area (Å²) in [7, 11) is 0. The van der Waals surface area contributed by atoms with Gasteiger partial charge in [0.1, 0.15) is 18.3 Å². The number of nitrogens with zero attached hydrogens (tertiary/aromatic N) is 4. The Morgan fingerprint density at radius 3 is 2.90 bits per heavy atom. The predicted molar refractivity (Wildman–Crippen MR) is 116 cm³/mol. The van der Waals surface area contributed by atoms with Gasteiger partial charge in [0.15, 0.2) is 5.82 Å². The van der Waals surface area contributed by atoms with Crippen LogP contribution in [0.4, 0.5) is 11.5 Å². The van der Waals surface area contributed by atoms with Gasteiger partial charge in [0.05, 0.1) is 12.7 Å². The largest absolute Gasteiger partial charge is 0.372 e. The second kappa shape index (κ2) is 9.06. The first-order valence-corrected chi connectivity index (χ1v) is 10.3. The van der Waals surface area contributed by atoms with E-state index in [1.54, 1.807) is 18.1 Å². The average Bonchev–Trinajstić information content (AvgIpc) is 3.37. The van der Waals surface area contributed by atoms with Crippen LogP contribution in [0, 0.1) is 6.92 Å². The van der Waals surface area contributed by atoms with Gasteiger partial charge in [-0.1, -0.05) is 0 Å². The number of carbonyl (C=O) groups excluding carboxylic acids is 1. The van der Waals surface area contributed by atoms with Gasteiger partial charge in [-0.3, -0.25) is 14.5 Å². The molecule has 156 valence electrons. The van der Waals surface area contributed by atoms with Crippen molar-refractivity contribution < 1.29 is 9.53 Å². The van der Waals surface area contributed by atoms with Crippen molar-refractivity contribution in [2.75, 3.05) is 23.8 Å². The second-order valence-corrected chi connectivity index (χ2v) is 7.79. The van der Waals surface area contributed by atoms with Crippen LogP contribution in [0.1, 0.15) is 18.4 Å². The molecule has 0 atom stereocenters. The third kappa shape index (κ3) is 4.84. The fourth-order valence-corrected chi connectivity index (χ4v) is 3.81. The number of ether oxygens (including phenoxy) is 1. The molecule has 4 rings (SSSR count). The van der Waals surface area contributed by atoms with E-state index in [1.807, 2.05) is 61.1 Å². The number of aromatic nitrogens is 4. The zero-order valence-corrected chi connectivity index (χ0v) is 17.6. The summed E-state index contributed by atoms with van der Waals surface area (Å²) in [4.78, 5) is 17.3. The number of amides is 1. The van der Waals surface area contributed by atoms with Gasteiger partial charge in [0, 0.05) is 41.3 Å². The van der Waals surface area contributed by atoms with Crippen molar-refractivity contribution in [2.24, 2.45) is 0 Å². The van der Waals surface area contributed by atoms with Crippen LogP contribution in [0.5, 0.6) is 0 Å². The Bertz CT molecular complexity index is 1040. The van der Waals surface area contributed by atoms with Gasteiger partial charge in [-0.15, -0.1) is 0 Å². The summed E-state index contributed by atoms with van der Waals surface area (Å²) in [5, 5.41) is 13.3. The molecule has 9 nitrogen and oxygen atoms in total. The third-order valence-corrected chi connectivity index (χ3v) is 5.25. The van der Waals surface area contributed by atoms with Crippen LogP contribution in [0.3, 0.4) is 0 Å². The summed E-state index contributed by atoms with van der Waals surface area (Å²) < 4.78 is 9.23. The van der Waals surface area contributed by atoms with Crippen LogP contribution in [-0.4, -0.2) is 43.2 Å². The maximum atomic E-state index is 11.8. The number of anilines is 2. The Hall–Kier alpha value is -3.24. The molecule has 0 saturated carbocycles. The van der Waals surface area contributed by atoms with Crippen molar-refractivity contribution in [3.8, 4) is 0 Å². The predicted octanol–water partition coefficient (Wildman–Crippen LogP) is 3.28. The smallest absolute Gasteiger partial charge is 0.250 e. The molecule has 0 bridgehead atoms. The van der Waals surface area contributed by atoms with Crippen molar-refractivity contribution in [1.29, 1.82) is 0 Å². The molecular formula is C20H23N7O2S. The first-order valence-electron chi connectivity index (χ1n) is 9.56. The number of aromatic amines is 1. The summed E-state index contributed by atoms with van der Waals surface area (Å²) in [6.07, 6.45) is 5.74. The van der Waals surface area contributed by atoms with Crippen molar-refractivity contribution in [1.82, 2.24) is 24.1 Å². The summed E-state index contributed by atoms with van der Waals surface area (Å²) in [5.41, 5.74) is 1.73. The van der Waals surface area contributed by atoms with E-state index in [2.05, 4.69) is 30.1 Å². The number of aryl methyl sites for hydroxylation is 1. The van der Waals surface area contributed by atoms with Crippen molar-refractivity contribution >= 4 is 35.2 Å². The van der Waals surface area contributed by atoms with Gasteiger partial charge in [-0.25, -0.2) is 4.98 Å². The number of rotatable bonds is 8. The van der Waals surface area contributed by atoms with E-state index in [1.165, 1.54) is 0 Å². The number of fused-ring (bicyclic) bond motifs is 1. The molecule has 0 spiro atoms. The average molecular weight is 426 g/mol. The van der Waals surface area contributed by atoms with E-state index in [4.69, 9.17) is 4.74 Å². The highest BCUT2D eigenvalue weighted by Gasteiger charge is 2.19. The zero-order valence-electron chi connectivity index (χ0n) is 16.8. The summed E-state index contributed by atoms with van der Waals surface area (Å²) in [5.74, 6) is 2.39. The van der Waals surface area contributed by atoms with Crippen LogP contribution >= 0.6 is 11.9 Å². The lowest BCUT2D eigenvalue weighted by Crippen LogP contribution is -2.23. The third-order valence-electron chi connectivity index (χ3n) is 4.30. The molecule has 3 aromatic rings. The number of benzene rings is 1. The summed E-state index contributed by atoms with van der Waals surface area (Å²) in [6, 6.07) is 9.65. The summed E-state index contributed by atoms with van der Waals surface area (Å²) >= 11 is 1.59. The van der Waals surface area contributed by atoms with Gasteiger partial charge in [0.25, 0.3) is 0 Å². The minimum absolute atomic E-state index is 0.0591. The highest BCUT2D eigenvalue weighted by molar-refractivity contribution is 7.97. The fraction of sp³-hybridized carbons (Fsp3) is 0.250. The first-order chi connectivity index (χ1) is 14.6. The molecule has 0 aliphatic carbocycles. The Morgan fingerprint density at radius 2 is 2.17 bits per heavy atom. The maximum absolute atomic E-state index is 11.8. The highest BCUT2D eigenvalue weighted by atomic mass is 32.2. The number of hydrogen-bond acceptors (Lipinski definition) is 7. The van der Waals surface area contributed by atoms with Crippen LogP contribution in [0.2, 0.25) is 0 Å². The van der Waals surface area contributed by atoms with E-state index in [9.17, 15) is 4.79 Å². The Labute approximate surface area is 178 Å². The highest BCUT2D eigenvalue weighted by Crippen LogP contribution is 2.30. The molecule has 2 aromatic heterocycles. The Kier molecular flexibility index (Phi) is 6.05. The van der Waals surface area contributed by atoms with Gasteiger partial charge in [0.2, 0.25) is 5.91 Å². The van der Waals surface area contributed by atoms with Gasteiger partial charge >= 0.3 is 0 Å². The lowest BCUT2D eigenvalue weighted by molar-refractivity contribution is -0.120. The molecule has 0 saturated heterocycles. The zero-order chi connectivity index (χ0) is 20.9. The molecule has 1 aliphatic rings. The Morgan fingerprint density at radius 1 is 1.33 bits per heavy atom. The van der Waals surface area contributed by atoms with Crippen molar-refractivity contribution in [3.05, 3.63) is 60.4 Å². The number of hydrogen-bond donors (Lipinski definition) is 3. The number of nitrogens with one attached hydrogen (secondary N) is 3. The maximum Gasteiger partial charge on any atom is 0.250 e. The molecule has 0 unspecified atom stereocenters. The minimum Gasteiger partial charge on any atom is -0.372 e. The molecule has 1 aliphatic heterocycles. The van der Waals surface area contributed by atoms with E-state index in [0.29, 0.717) is 13.2 Å². The van der Waals surface area contributed by atoms with E-state index in [0.717, 1.165) is 33.7 Å². The Balaban J connectivity index is 1.43. The quantitative estimate of drug-likeness (QED) is 0.476. The first kappa shape index (κ1) is 20.0. The van der Waals surface area contributed by atoms with Crippen LogP contribution in [0.15, 0.2) is 53.8 Å². The van der Waals surface area contributed by atoms with Gasteiger partial charge < -0.3 is 19.7 Å². The van der Waals surface area contributed by atoms with Gasteiger partial charge in [-0.05, 0) is 50.1 Å². The number of H-pyrrole nitrogens is 1. The molecule has 1 aromatic carbocycles. The summed E-state index contributed by atoms with van der Waals surface area (Å²) in [6.45, 7) is 5.05. The van der Waals surface area contributed by atoms with E-state index in [-0.39, 0.29) is 12.5 Å². The molecule has 1 amide bonds. The van der Waals surface area contributed by atoms with Crippen molar-refractivity contribution in [3.63, 3.8) is 0 Å². The van der Waals surface area contributed by atoms with Crippen molar-refractivity contribution in [2.45, 2.75) is 25.3 Å². The monoisotopic (exact) mass is 425 g/mol. The lowest BCUT2D eigenvalue weighted by Gasteiger charge is -2.26. The molecule has 30 heavy (non-hydrogen) atoms. The fourth-order valence-electron chi connectivity index (χ4n) is 2.95. The van der Waals surface area contributed by atoms with Gasteiger partial charge in [-0.2, -0.15) is 5.10 Å². The number of carbonyl (C=O) groups is 1. The molecule has 0 fully saturated rings. The van der Waals surface area contributed by atoms with Crippen LogP contribution in [-0.2, 0) is 16.1 Å². The SMILES string of the molecule is CCOCC(=O)Nc1ccc(SN2C=C(Nc3cc(C)[nH]n3)n3ccnc3C2)cc1. The molecule has 10 heteroatoms. The number of imidazole rings is 1. The van der Waals surface area contributed by atoms with E-state index < -0.39 is 0 Å². The molecular weight excluding hydrogens is 402 g/mol. The second-order valence-electron chi connectivity index (χ2n) is 6.67. The normalized spacial score (nSPS) is 13.0. The van der Waals surface area contributed by atoms with E-state index >= 15 is 0 Å². The lowest BCUT2D eigenvalue weighted by atomic mass is 10.3. The van der Waals surface area contributed by atoms with Crippen LogP contribution < -0.4 is 10.6 Å². The molecule has 3 N–H and O–H groups in total.